The lowest BCUT2D eigenvalue weighted by Gasteiger charge is -2.35. The molecule has 2 aliphatic rings. The number of rotatable bonds is 4. The summed E-state index contributed by atoms with van der Waals surface area (Å²) in [5.41, 5.74) is 0.793. The van der Waals surface area contributed by atoms with Crippen molar-refractivity contribution in [3.05, 3.63) is 24.5 Å². The number of fused-ring (bicyclic) bond motifs is 1. The molecule has 2 aliphatic heterocycles. The molecule has 0 unspecified atom stereocenters. The molecule has 1 amide bonds. The molecule has 0 radical (unpaired) electrons. The number of nitrogens with zero attached hydrogens (tertiary/aromatic N) is 5. The van der Waals surface area contributed by atoms with Gasteiger partial charge in [0.2, 0.25) is 11.8 Å². The molecule has 7 heteroatoms. The second-order valence-electron chi connectivity index (χ2n) is 7.56. The van der Waals surface area contributed by atoms with Crippen molar-refractivity contribution in [3.8, 4) is 5.88 Å². The minimum atomic E-state index is 0.162. The maximum atomic E-state index is 12.5. The highest BCUT2D eigenvalue weighted by Gasteiger charge is 2.26. The van der Waals surface area contributed by atoms with E-state index < -0.39 is 0 Å². The van der Waals surface area contributed by atoms with Crippen LogP contribution in [0.3, 0.4) is 0 Å². The minimum Gasteiger partial charge on any atom is -0.474 e. The first-order valence-corrected chi connectivity index (χ1v) is 9.64. The molecule has 2 saturated heterocycles. The van der Waals surface area contributed by atoms with Gasteiger partial charge < -0.3 is 9.64 Å². The van der Waals surface area contributed by atoms with Crippen LogP contribution in [0.4, 0.5) is 0 Å². The number of ether oxygens (including phenoxy) is 1. The van der Waals surface area contributed by atoms with Crippen LogP contribution in [-0.4, -0.2) is 69.1 Å². The van der Waals surface area contributed by atoms with Crippen LogP contribution in [0.1, 0.15) is 32.6 Å². The van der Waals surface area contributed by atoms with Gasteiger partial charge in [-0.3, -0.25) is 9.69 Å². The van der Waals surface area contributed by atoms with Gasteiger partial charge in [0.1, 0.15) is 6.10 Å². The monoisotopic (exact) mass is 357 g/mol. The largest absolute Gasteiger partial charge is 0.474 e. The summed E-state index contributed by atoms with van der Waals surface area (Å²) in [7, 11) is 0. The predicted molar refractivity (Wildman–Crippen MR) is 98.1 cm³/mol. The summed E-state index contributed by atoms with van der Waals surface area (Å²) in [5, 5.41) is 4.14. The van der Waals surface area contributed by atoms with E-state index in [0.29, 0.717) is 12.4 Å². The standard InChI is InChI=1S/C19H27N5O2/c1-15-3-11-23(12-4-15)19(25)14-22-9-5-16(6-10-22)26-18-7-13-24-17(21-18)2-8-20-24/h2,7-8,13,15-16H,3-6,9-12,14H2,1H3. The number of piperidine rings is 2. The fourth-order valence-electron chi connectivity index (χ4n) is 3.77. The van der Waals surface area contributed by atoms with E-state index in [1.165, 1.54) is 0 Å². The smallest absolute Gasteiger partial charge is 0.236 e. The molecule has 140 valence electrons. The van der Waals surface area contributed by atoms with E-state index in [9.17, 15) is 4.79 Å². The van der Waals surface area contributed by atoms with Crippen molar-refractivity contribution in [1.82, 2.24) is 24.4 Å². The van der Waals surface area contributed by atoms with Gasteiger partial charge in [0.25, 0.3) is 0 Å². The molecule has 0 aromatic carbocycles. The van der Waals surface area contributed by atoms with Crippen LogP contribution in [0.5, 0.6) is 5.88 Å². The van der Waals surface area contributed by atoms with Crippen LogP contribution in [-0.2, 0) is 4.79 Å². The molecule has 0 bridgehead atoms. The Kier molecular flexibility index (Phi) is 5.06. The second kappa shape index (κ2) is 7.61. The molecule has 2 aromatic rings. The van der Waals surface area contributed by atoms with Crippen LogP contribution in [0.2, 0.25) is 0 Å². The Bertz CT molecular complexity index is 745. The van der Waals surface area contributed by atoms with Crippen molar-refractivity contribution in [2.45, 2.75) is 38.7 Å². The number of likely N-dealkylation sites (tertiary alicyclic amines) is 2. The molecular formula is C19H27N5O2. The lowest BCUT2D eigenvalue weighted by molar-refractivity contribution is -0.134. The summed E-state index contributed by atoms with van der Waals surface area (Å²) >= 11 is 0. The molecule has 4 heterocycles. The van der Waals surface area contributed by atoms with Gasteiger partial charge in [0.15, 0.2) is 5.65 Å². The van der Waals surface area contributed by atoms with E-state index >= 15 is 0 Å². The van der Waals surface area contributed by atoms with Crippen molar-refractivity contribution in [1.29, 1.82) is 0 Å². The molecule has 7 nitrogen and oxygen atoms in total. The first-order valence-electron chi connectivity index (χ1n) is 9.64. The molecule has 26 heavy (non-hydrogen) atoms. The van der Waals surface area contributed by atoms with Crippen molar-refractivity contribution in [2.24, 2.45) is 5.92 Å². The van der Waals surface area contributed by atoms with Crippen LogP contribution >= 0.6 is 0 Å². The zero-order valence-electron chi connectivity index (χ0n) is 15.4. The van der Waals surface area contributed by atoms with Gasteiger partial charge in [0, 0.05) is 44.5 Å². The van der Waals surface area contributed by atoms with Crippen molar-refractivity contribution >= 4 is 11.6 Å². The number of aromatic nitrogens is 3. The molecule has 4 rings (SSSR count). The Morgan fingerprint density at radius 1 is 1.15 bits per heavy atom. The van der Waals surface area contributed by atoms with Gasteiger partial charge in [-0.2, -0.15) is 10.1 Å². The molecule has 2 fully saturated rings. The zero-order valence-corrected chi connectivity index (χ0v) is 15.4. The average molecular weight is 357 g/mol. The van der Waals surface area contributed by atoms with Crippen molar-refractivity contribution in [2.75, 3.05) is 32.7 Å². The van der Waals surface area contributed by atoms with E-state index in [2.05, 4.69) is 21.9 Å². The molecule has 2 aromatic heterocycles. The maximum absolute atomic E-state index is 12.5. The second-order valence-corrected chi connectivity index (χ2v) is 7.56. The summed E-state index contributed by atoms with van der Waals surface area (Å²) in [6.45, 7) is 6.45. The maximum Gasteiger partial charge on any atom is 0.236 e. The highest BCUT2D eigenvalue weighted by atomic mass is 16.5. The Hall–Kier alpha value is -2.15. The van der Waals surface area contributed by atoms with Gasteiger partial charge in [0.05, 0.1) is 12.7 Å². The van der Waals surface area contributed by atoms with E-state index in [1.54, 1.807) is 10.7 Å². The third-order valence-corrected chi connectivity index (χ3v) is 5.55. The lowest BCUT2D eigenvalue weighted by Crippen LogP contribution is -2.47. The molecule has 0 spiro atoms. The number of carbonyl (C=O) groups excluding carboxylic acids is 1. The van der Waals surface area contributed by atoms with E-state index in [-0.39, 0.29) is 12.0 Å². The third-order valence-electron chi connectivity index (χ3n) is 5.55. The normalized spacial score (nSPS) is 20.6. The molecular weight excluding hydrogens is 330 g/mol. The average Bonchev–Trinajstić information content (AvgIpc) is 3.12. The summed E-state index contributed by atoms with van der Waals surface area (Å²) in [4.78, 5) is 21.2. The third kappa shape index (κ3) is 3.98. The Morgan fingerprint density at radius 2 is 1.92 bits per heavy atom. The first kappa shape index (κ1) is 17.3. The van der Waals surface area contributed by atoms with Crippen LogP contribution in [0.25, 0.3) is 5.65 Å². The topological polar surface area (TPSA) is 63.0 Å². The summed E-state index contributed by atoms with van der Waals surface area (Å²) in [6.07, 6.45) is 7.88. The van der Waals surface area contributed by atoms with Gasteiger partial charge in [-0.05, 0) is 31.6 Å². The number of hydrogen-bond acceptors (Lipinski definition) is 5. The number of carbonyl (C=O) groups is 1. The highest BCUT2D eigenvalue weighted by Crippen LogP contribution is 2.19. The fourth-order valence-corrected chi connectivity index (χ4v) is 3.77. The van der Waals surface area contributed by atoms with Gasteiger partial charge in [-0.25, -0.2) is 4.52 Å². The first-order chi connectivity index (χ1) is 12.7. The summed E-state index contributed by atoms with van der Waals surface area (Å²) in [5.74, 6) is 1.68. The fraction of sp³-hybridized carbons (Fsp3) is 0.632. The molecule has 0 atom stereocenters. The predicted octanol–water partition coefficient (Wildman–Crippen LogP) is 1.83. The van der Waals surface area contributed by atoms with E-state index in [1.807, 2.05) is 23.2 Å². The van der Waals surface area contributed by atoms with Crippen LogP contribution in [0.15, 0.2) is 24.5 Å². The molecule has 0 N–H and O–H groups in total. The molecule has 0 aliphatic carbocycles. The van der Waals surface area contributed by atoms with Crippen LogP contribution < -0.4 is 4.74 Å². The lowest BCUT2D eigenvalue weighted by atomic mass is 9.99. The van der Waals surface area contributed by atoms with Gasteiger partial charge in [-0.15, -0.1) is 0 Å². The highest BCUT2D eigenvalue weighted by molar-refractivity contribution is 5.78. The summed E-state index contributed by atoms with van der Waals surface area (Å²) < 4.78 is 7.76. The quantitative estimate of drug-likeness (QED) is 0.835. The van der Waals surface area contributed by atoms with E-state index in [0.717, 1.165) is 63.4 Å². The van der Waals surface area contributed by atoms with E-state index in [4.69, 9.17) is 4.74 Å². The van der Waals surface area contributed by atoms with Crippen molar-refractivity contribution in [3.63, 3.8) is 0 Å². The van der Waals surface area contributed by atoms with Gasteiger partial charge >= 0.3 is 0 Å². The molecule has 0 saturated carbocycles. The van der Waals surface area contributed by atoms with Crippen molar-refractivity contribution < 1.29 is 9.53 Å². The minimum absolute atomic E-state index is 0.162. The number of amides is 1. The zero-order chi connectivity index (χ0) is 17.9. The Labute approximate surface area is 153 Å². The number of hydrogen-bond donors (Lipinski definition) is 0. The summed E-state index contributed by atoms with van der Waals surface area (Å²) in [6, 6.07) is 3.72. The Balaban J connectivity index is 1.24. The SMILES string of the molecule is CC1CCN(C(=O)CN2CCC(Oc3ccn4nccc4n3)CC2)CC1. The van der Waals surface area contributed by atoms with Crippen LogP contribution in [0, 0.1) is 5.92 Å². The van der Waals surface area contributed by atoms with Gasteiger partial charge in [-0.1, -0.05) is 6.92 Å². The Morgan fingerprint density at radius 3 is 2.69 bits per heavy atom.